The molecule has 4 rings (SSSR count). The predicted octanol–water partition coefficient (Wildman–Crippen LogP) is 5.08. The topological polar surface area (TPSA) is 128 Å². The number of nitrogens with one attached hydrogen (secondary N) is 1. The number of aromatic nitrogens is 3. The van der Waals surface area contributed by atoms with Crippen LogP contribution in [0.1, 0.15) is 42.2 Å². The number of pyridine rings is 1. The molecule has 0 saturated carbocycles. The second kappa shape index (κ2) is 8.81. The zero-order valence-corrected chi connectivity index (χ0v) is 20.1. The Morgan fingerprint density at radius 2 is 2.06 bits per heavy atom. The van der Waals surface area contributed by atoms with Crippen LogP contribution in [0.15, 0.2) is 42.6 Å². The van der Waals surface area contributed by atoms with Crippen LogP contribution in [0.5, 0.6) is 0 Å². The van der Waals surface area contributed by atoms with Crippen LogP contribution in [0.25, 0.3) is 0 Å². The van der Waals surface area contributed by atoms with E-state index in [1.54, 1.807) is 18.3 Å². The number of hydrogen-bond donors (Lipinski definition) is 2. The van der Waals surface area contributed by atoms with Crippen molar-refractivity contribution >= 4 is 31.0 Å². The first-order valence-electron chi connectivity index (χ1n) is 10.3. The maximum Gasteiger partial charge on any atom is 0.457 e. The van der Waals surface area contributed by atoms with Crippen molar-refractivity contribution < 1.29 is 13.6 Å². The molecule has 2 aromatic heterocycles. The Morgan fingerprint density at radius 1 is 1.33 bits per heavy atom. The number of nitrogens with two attached hydrogens (primary N) is 1. The molecule has 172 valence electrons. The fourth-order valence-corrected chi connectivity index (χ4v) is 5.62. The van der Waals surface area contributed by atoms with E-state index >= 15 is 0 Å². The highest BCUT2D eigenvalue weighted by Gasteiger charge is 2.48. The zero-order valence-electron chi connectivity index (χ0n) is 18.4. The number of nitrogens with zero attached hydrogens (tertiary/aromatic N) is 4. The van der Waals surface area contributed by atoms with Crippen molar-refractivity contribution in [2.75, 3.05) is 17.7 Å². The summed E-state index contributed by atoms with van der Waals surface area (Å²) in [7, 11) is -3.98. The number of nitrogen functional groups attached to an aromatic ring is 1. The summed E-state index contributed by atoms with van der Waals surface area (Å²) in [5.41, 5.74) is 8.56. The summed E-state index contributed by atoms with van der Waals surface area (Å²) in [6, 6.07) is 13.3. The zero-order chi connectivity index (χ0) is 23.8. The van der Waals surface area contributed by atoms with Crippen molar-refractivity contribution in [3.05, 3.63) is 70.0 Å². The molecule has 0 bridgehead atoms. The molecule has 1 saturated heterocycles. The summed E-state index contributed by atoms with van der Waals surface area (Å²) in [5.74, 6) is 0.0732. The largest absolute Gasteiger partial charge is 0.457 e. The highest BCUT2D eigenvalue weighted by Crippen LogP contribution is 2.62. The number of hydrogen-bond acceptors (Lipinski definition) is 8. The van der Waals surface area contributed by atoms with Crippen LogP contribution >= 0.6 is 19.3 Å². The molecular weight excluding hydrogens is 463 g/mol. The van der Waals surface area contributed by atoms with E-state index in [2.05, 4.69) is 15.4 Å². The first kappa shape index (κ1) is 23.3. The van der Waals surface area contributed by atoms with Crippen LogP contribution in [-0.2, 0) is 20.2 Å². The first-order chi connectivity index (χ1) is 15.6. The lowest BCUT2D eigenvalue weighted by Crippen LogP contribution is -2.34. The van der Waals surface area contributed by atoms with Gasteiger partial charge < -0.3 is 11.1 Å². The van der Waals surface area contributed by atoms with Crippen LogP contribution in [-0.4, -0.2) is 21.1 Å². The Morgan fingerprint density at radius 3 is 2.70 bits per heavy atom. The molecule has 0 aliphatic carbocycles. The Hall–Kier alpha value is -2.89. The lowest BCUT2D eigenvalue weighted by molar-refractivity contribution is -0.0304. The van der Waals surface area contributed by atoms with Gasteiger partial charge in [0.2, 0.25) is 0 Å². The monoisotopic (exact) mass is 486 g/mol. The van der Waals surface area contributed by atoms with Crippen LogP contribution in [0.2, 0.25) is 5.15 Å². The maximum absolute atomic E-state index is 13.8. The van der Waals surface area contributed by atoms with Gasteiger partial charge in [-0.25, -0.2) is 9.55 Å². The molecule has 1 fully saturated rings. The summed E-state index contributed by atoms with van der Waals surface area (Å²) < 4.78 is 26.6. The van der Waals surface area contributed by atoms with Crippen molar-refractivity contribution in [1.29, 1.82) is 5.26 Å². The first-order valence-corrected chi connectivity index (χ1v) is 12.1. The maximum atomic E-state index is 13.8. The molecule has 1 aromatic carbocycles. The van der Waals surface area contributed by atoms with Gasteiger partial charge >= 0.3 is 7.75 Å². The number of halogens is 1. The summed E-state index contributed by atoms with van der Waals surface area (Å²) in [6.07, 6.45) is 1.08. The van der Waals surface area contributed by atoms with E-state index in [1.165, 1.54) is 0 Å². The Labute approximate surface area is 197 Å². The highest BCUT2D eigenvalue weighted by molar-refractivity contribution is 7.52. The number of nitriles is 1. The van der Waals surface area contributed by atoms with Crippen LogP contribution in [0, 0.1) is 23.7 Å². The standard InChI is InChI=1S/C22H24ClN6O3P/c1-14-4-7-16(8-5-14)19-22(2,3)13-31-33(30,32-19)29-20(25)17(10-24)21(28-29)27-12-15-6-9-18(23)26-11-15/h4-9,11,19H,12-13,25H2,1-3H3,(H,27,28). The third-order valence-electron chi connectivity index (χ3n) is 5.42. The van der Waals surface area contributed by atoms with Gasteiger partial charge in [-0.15, -0.1) is 9.55 Å². The Bertz CT molecular complexity index is 1250. The van der Waals surface area contributed by atoms with Gasteiger partial charge in [-0.2, -0.15) is 5.26 Å². The second-order valence-corrected chi connectivity index (χ2v) is 10.8. The van der Waals surface area contributed by atoms with Gasteiger partial charge in [0.15, 0.2) is 11.6 Å². The normalized spacial score (nSPS) is 22.0. The molecule has 1 aliphatic rings. The number of rotatable bonds is 5. The molecule has 3 aromatic rings. The molecule has 0 radical (unpaired) electrons. The van der Waals surface area contributed by atoms with Gasteiger partial charge in [0, 0.05) is 18.2 Å². The number of anilines is 2. The summed E-state index contributed by atoms with van der Waals surface area (Å²) in [6.45, 7) is 6.40. The van der Waals surface area contributed by atoms with Crippen LogP contribution < -0.4 is 11.1 Å². The van der Waals surface area contributed by atoms with Gasteiger partial charge in [-0.05, 0) is 24.1 Å². The van der Waals surface area contributed by atoms with Gasteiger partial charge in [0.1, 0.15) is 22.9 Å². The number of benzene rings is 1. The molecule has 1 aliphatic heterocycles. The minimum atomic E-state index is -3.98. The van der Waals surface area contributed by atoms with Crippen molar-refractivity contribution in [2.45, 2.75) is 33.4 Å². The average molecular weight is 487 g/mol. The molecule has 0 amide bonds. The third-order valence-corrected chi connectivity index (χ3v) is 7.35. The summed E-state index contributed by atoms with van der Waals surface area (Å²) >= 11 is 5.82. The second-order valence-electron chi connectivity index (χ2n) is 8.58. The van der Waals surface area contributed by atoms with E-state index < -0.39 is 19.3 Å². The molecule has 11 heteroatoms. The molecule has 9 nitrogen and oxygen atoms in total. The molecule has 33 heavy (non-hydrogen) atoms. The van der Waals surface area contributed by atoms with E-state index in [4.69, 9.17) is 26.4 Å². The van der Waals surface area contributed by atoms with Crippen molar-refractivity contribution in [3.8, 4) is 6.07 Å². The SMILES string of the molecule is Cc1ccc(C2OP(=O)(n3nc(NCc4ccc(Cl)nc4)c(C#N)c3N)OCC2(C)C)cc1. The lowest BCUT2D eigenvalue weighted by atomic mass is 9.83. The fraction of sp³-hybridized carbons (Fsp3) is 0.318. The van der Waals surface area contributed by atoms with Crippen LogP contribution in [0.3, 0.4) is 0 Å². The van der Waals surface area contributed by atoms with Gasteiger partial charge in [-0.3, -0.25) is 9.05 Å². The van der Waals surface area contributed by atoms with Gasteiger partial charge in [-0.1, -0.05) is 61.3 Å². The molecule has 2 atom stereocenters. The smallest absolute Gasteiger partial charge is 0.382 e. The average Bonchev–Trinajstić information content (AvgIpc) is 3.12. The third kappa shape index (κ3) is 4.61. The van der Waals surface area contributed by atoms with E-state index in [9.17, 15) is 9.83 Å². The van der Waals surface area contributed by atoms with Crippen molar-refractivity contribution in [2.24, 2.45) is 5.41 Å². The molecule has 2 unspecified atom stereocenters. The molecule has 3 N–H and O–H groups in total. The van der Waals surface area contributed by atoms with Crippen molar-refractivity contribution in [3.63, 3.8) is 0 Å². The highest BCUT2D eigenvalue weighted by atomic mass is 35.5. The molecular formula is C22H24ClN6O3P. The minimum absolute atomic E-state index is 0.0519. The lowest BCUT2D eigenvalue weighted by Gasteiger charge is -2.41. The minimum Gasteiger partial charge on any atom is -0.382 e. The van der Waals surface area contributed by atoms with Crippen molar-refractivity contribution in [1.82, 2.24) is 14.5 Å². The predicted molar refractivity (Wildman–Crippen MR) is 126 cm³/mol. The van der Waals surface area contributed by atoms with E-state index in [0.717, 1.165) is 21.1 Å². The fourth-order valence-electron chi connectivity index (χ4n) is 3.52. The quantitative estimate of drug-likeness (QED) is 0.377. The Kier molecular flexibility index (Phi) is 6.21. The van der Waals surface area contributed by atoms with E-state index in [1.807, 2.05) is 51.1 Å². The summed E-state index contributed by atoms with van der Waals surface area (Å²) in [5, 5.41) is 17.3. The van der Waals surface area contributed by atoms with Gasteiger partial charge in [0.25, 0.3) is 0 Å². The molecule has 3 heterocycles. The summed E-state index contributed by atoms with van der Waals surface area (Å²) in [4.78, 5) is 4.02. The van der Waals surface area contributed by atoms with E-state index in [0.29, 0.717) is 11.7 Å². The molecule has 0 spiro atoms. The van der Waals surface area contributed by atoms with E-state index in [-0.39, 0.29) is 23.8 Å². The van der Waals surface area contributed by atoms with Gasteiger partial charge in [0.05, 0.1) is 6.61 Å². The number of aryl methyl sites for hydroxylation is 1. The van der Waals surface area contributed by atoms with Crippen LogP contribution in [0.4, 0.5) is 11.6 Å². The Balaban J connectivity index is 1.64.